The van der Waals surface area contributed by atoms with Gasteiger partial charge in [-0.1, -0.05) is 44.4 Å². The first-order valence-corrected chi connectivity index (χ1v) is 7.12. The molecule has 0 amide bonds. The lowest BCUT2D eigenvalue weighted by Gasteiger charge is -2.31. The molecule has 0 bridgehead atoms. The Balaban J connectivity index is 1.95. The second kappa shape index (κ2) is 6.33. The van der Waals surface area contributed by atoms with Crippen LogP contribution >= 0.6 is 0 Å². The Bertz CT molecular complexity index is 377. The number of hydrogen-bond donors (Lipinski definition) is 1. The van der Waals surface area contributed by atoms with Crippen molar-refractivity contribution < 1.29 is 9.50 Å². The second-order valence-corrected chi connectivity index (χ2v) is 5.56. The number of rotatable bonds is 4. The molecule has 1 aliphatic rings. The molecule has 1 saturated carbocycles. The monoisotopic (exact) mass is 250 g/mol. The third kappa shape index (κ3) is 3.32. The topological polar surface area (TPSA) is 20.2 Å². The molecule has 1 nitrogen and oxygen atoms in total. The Labute approximate surface area is 109 Å². The van der Waals surface area contributed by atoms with E-state index >= 15 is 0 Å². The molecule has 3 unspecified atom stereocenters. The summed E-state index contributed by atoms with van der Waals surface area (Å²) in [4.78, 5) is 0. The summed E-state index contributed by atoms with van der Waals surface area (Å²) in [6.45, 7) is 2.22. The Morgan fingerprint density at radius 2 is 2.11 bits per heavy atom. The highest BCUT2D eigenvalue weighted by Crippen LogP contribution is 2.33. The molecule has 0 radical (unpaired) electrons. The van der Waals surface area contributed by atoms with Gasteiger partial charge in [0.15, 0.2) is 0 Å². The minimum absolute atomic E-state index is 0.195. The maximum absolute atomic E-state index is 13.5. The minimum Gasteiger partial charge on any atom is -0.392 e. The van der Waals surface area contributed by atoms with Crippen molar-refractivity contribution in [1.29, 1.82) is 0 Å². The van der Waals surface area contributed by atoms with Gasteiger partial charge in [0, 0.05) is 6.42 Å². The van der Waals surface area contributed by atoms with Gasteiger partial charge in [0.05, 0.1) is 6.10 Å². The van der Waals surface area contributed by atoms with E-state index in [1.54, 1.807) is 12.1 Å². The van der Waals surface area contributed by atoms with E-state index in [-0.39, 0.29) is 5.82 Å². The van der Waals surface area contributed by atoms with Gasteiger partial charge >= 0.3 is 0 Å². The van der Waals surface area contributed by atoms with E-state index in [4.69, 9.17) is 0 Å². The van der Waals surface area contributed by atoms with Gasteiger partial charge in [0.2, 0.25) is 0 Å². The van der Waals surface area contributed by atoms with Crippen molar-refractivity contribution >= 4 is 0 Å². The molecule has 0 heterocycles. The summed E-state index contributed by atoms with van der Waals surface area (Å²) in [5.74, 6) is 0.904. The highest BCUT2D eigenvalue weighted by Gasteiger charge is 2.26. The van der Waals surface area contributed by atoms with Crippen molar-refractivity contribution in [2.75, 3.05) is 0 Å². The third-order valence-electron chi connectivity index (χ3n) is 4.33. The second-order valence-electron chi connectivity index (χ2n) is 5.56. The lowest BCUT2D eigenvalue weighted by atomic mass is 9.76. The average molecular weight is 250 g/mol. The van der Waals surface area contributed by atoms with Gasteiger partial charge in [-0.3, -0.25) is 0 Å². The van der Waals surface area contributed by atoms with E-state index in [1.807, 2.05) is 6.07 Å². The van der Waals surface area contributed by atoms with Crippen molar-refractivity contribution in [2.45, 2.75) is 51.6 Å². The minimum atomic E-state index is -0.392. The maximum Gasteiger partial charge on any atom is 0.126 e. The molecule has 1 aromatic carbocycles. The molecule has 100 valence electrons. The Morgan fingerprint density at radius 1 is 1.33 bits per heavy atom. The van der Waals surface area contributed by atoms with Crippen LogP contribution in [0, 0.1) is 17.7 Å². The molecule has 2 heteroatoms. The number of aliphatic hydroxyl groups is 1. The molecule has 2 rings (SSSR count). The smallest absolute Gasteiger partial charge is 0.126 e. The van der Waals surface area contributed by atoms with Gasteiger partial charge in [0.1, 0.15) is 5.82 Å². The van der Waals surface area contributed by atoms with Crippen LogP contribution in [-0.2, 0) is 6.42 Å². The molecular formula is C16H23FO. The fraction of sp³-hybridized carbons (Fsp3) is 0.625. The van der Waals surface area contributed by atoms with Gasteiger partial charge in [-0.2, -0.15) is 0 Å². The van der Waals surface area contributed by atoms with E-state index in [0.717, 1.165) is 18.8 Å². The summed E-state index contributed by atoms with van der Waals surface area (Å²) in [6, 6.07) is 6.77. The zero-order valence-electron chi connectivity index (χ0n) is 11.1. The van der Waals surface area contributed by atoms with Gasteiger partial charge in [-0.15, -0.1) is 0 Å². The van der Waals surface area contributed by atoms with Gasteiger partial charge in [-0.25, -0.2) is 4.39 Å². The number of halogens is 1. The van der Waals surface area contributed by atoms with E-state index in [2.05, 4.69) is 6.92 Å². The SMILES string of the molecule is CCC1CCCC(C(O)Cc2ccccc2F)C1. The number of benzene rings is 1. The number of aliphatic hydroxyl groups excluding tert-OH is 1. The maximum atomic E-state index is 13.5. The first-order valence-electron chi connectivity index (χ1n) is 7.12. The van der Waals surface area contributed by atoms with Gasteiger partial charge < -0.3 is 5.11 Å². The van der Waals surface area contributed by atoms with E-state index in [0.29, 0.717) is 17.9 Å². The quantitative estimate of drug-likeness (QED) is 0.858. The lowest BCUT2D eigenvalue weighted by Crippen LogP contribution is -2.28. The standard InChI is InChI=1S/C16H23FO/c1-2-12-6-5-8-14(10-12)16(18)11-13-7-3-4-9-15(13)17/h3-4,7,9,12,14,16,18H,2,5-6,8,10-11H2,1H3. The molecule has 1 fully saturated rings. The first kappa shape index (κ1) is 13.5. The fourth-order valence-electron chi connectivity index (χ4n) is 3.11. The summed E-state index contributed by atoms with van der Waals surface area (Å²) >= 11 is 0. The van der Waals surface area contributed by atoms with Crippen LogP contribution in [0.1, 0.15) is 44.6 Å². The third-order valence-corrected chi connectivity index (χ3v) is 4.33. The van der Waals surface area contributed by atoms with Gasteiger partial charge in [-0.05, 0) is 36.3 Å². The predicted octanol–water partition coefficient (Wildman–Crippen LogP) is 3.95. The fourth-order valence-corrected chi connectivity index (χ4v) is 3.11. The van der Waals surface area contributed by atoms with Crippen LogP contribution in [0.15, 0.2) is 24.3 Å². The summed E-state index contributed by atoms with van der Waals surface area (Å²) in [7, 11) is 0. The lowest BCUT2D eigenvalue weighted by molar-refractivity contribution is 0.0678. The summed E-state index contributed by atoms with van der Waals surface area (Å²) in [6.07, 6.45) is 5.95. The van der Waals surface area contributed by atoms with Crippen LogP contribution in [0.4, 0.5) is 4.39 Å². The highest BCUT2D eigenvalue weighted by molar-refractivity contribution is 5.18. The Morgan fingerprint density at radius 3 is 2.83 bits per heavy atom. The van der Waals surface area contributed by atoms with Crippen LogP contribution in [0.5, 0.6) is 0 Å². The summed E-state index contributed by atoms with van der Waals surface area (Å²) in [5, 5.41) is 10.3. The van der Waals surface area contributed by atoms with Crippen LogP contribution in [0.2, 0.25) is 0 Å². The van der Waals surface area contributed by atoms with Crippen LogP contribution < -0.4 is 0 Å². The van der Waals surface area contributed by atoms with E-state index in [9.17, 15) is 9.50 Å². The van der Waals surface area contributed by atoms with Crippen molar-refractivity contribution in [3.63, 3.8) is 0 Å². The summed E-state index contributed by atoms with van der Waals surface area (Å²) < 4.78 is 13.5. The Hall–Kier alpha value is -0.890. The van der Waals surface area contributed by atoms with Crippen molar-refractivity contribution in [3.05, 3.63) is 35.6 Å². The van der Waals surface area contributed by atoms with Crippen LogP contribution in [0.3, 0.4) is 0 Å². The molecule has 3 atom stereocenters. The average Bonchev–Trinajstić information content (AvgIpc) is 2.41. The van der Waals surface area contributed by atoms with E-state index < -0.39 is 6.10 Å². The van der Waals surface area contributed by atoms with Crippen LogP contribution in [0.25, 0.3) is 0 Å². The molecule has 18 heavy (non-hydrogen) atoms. The molecule has 0 aliphatic heterocycles. The summed E-state index contributed by atoms with van der Waals surface area (Å²) in [5.41, 5.74) is 0.642. The molecule has 0 saturated heterocycles. The molecular weight excluding hydrogens is 227 g/mol. The molecule has 0 spiro atoms. The molecule has 1 aromatic rings. The molecule has 1 N–H and O–H groups in total. The first-order chi connectivity index (χ1) is 8.70. The molecule has 1 aliphatic carbocycles. The normalized spacial score (nSPS) is 25.9. The van der Waals surface area contributed by atoms with Crippen molar-refractivity contribution in [1.82, 2.24) is 0 Å². The van der Waals surface area contributed by atoms with Crippen molar-refractivity contribution in [2.24, 2.45) is 11.8 Å². The highest BCUT2D eigenvalue weighted by atomic mass is 19.1. The predicted molar refractivity (Wildman–Crippen MR) is 71.8 cm³/mol. The van der Waals surface area contributed by atoms with E-state index in [1.165, 1.54) is 25.3 Å². The van der Waals surface area contributed by atoms with Crippen molar-refractivity contribution in [3.8, 4) is 0 Å². The Kier molecular flexibility index (Phi) is 4.76. The van der Waals surface area contributed by atoms with Gasteiger partial charge in [0.25, 0.3) is 0 Å². The largest absolute Gasteiger partial charge is 0.392 e. The van der Waals surface area contributed by atoms with Crippen LogP contribution in [-0.4, -0.2) is 11.2 Å². The molecule has 0 aromatic heterocycles. The number of hydrogen-bond acceptors (Lipinski definition) is 1. The zero-order chi connectivity index (χ0) is 13.0. The zero-order valence-corrected chi connectivity index (χ0v) is 11.1.